The van der Waals surface area contributed by atoms with Gasteiger partial charge in [0.1, 0.15) is 0 Å². The molecule has 0 spiro atoms. The number of esters is 1. The van der Waals surface area contributed by atoms with Crippen LogP contribution in [0.2, 0.25) is 0 Å². The van der Waals surface area contributed by atoms with Crippen molar-refractivity contribution in [2.24, 2.45) is 5.92 Å². The van der Waals surface area contributed by atoms with Gasteiger partial charge in [-0.25, -0.2) is 4.79 Å². The third-order valence-electron chi connectivity index (χ3n) is 3.09. The zero-order valence-electron chi connectivity index (χ0n) is 11.4. The lowest BCUT2D eigenvalue weighted by atomic mass is 10.0. The predicted molar refractivity (Wildman–Crippen MR) is 95.5 cm³/mol. The van der Waals surface area contributed by atoms with E-state index in [9.17, 15) is 4.79 Å². The summed E-state index contributed by atoms with van der Waals surface area (Å²) in [5.41, 5.74) is 0.654. The van der Waals surface area contributed by atoms with E-state index in [4.69, 9.17) is 4.74 Å². The molecule has 0 amide bonds. The number of rotatable bonds is 7. The Bertz CT molecular complexity index is 398. The van der Waals surface area contributed by atoms with Gasteiger partial charge in [-0.1, -0.05) is 33.1 Å². The normalized spacial score (nSPS) is 12.2. The smallest absolute Gasteiger partial charge is 0.338 e. The molecule has 0 radical (unpaired) electrons. The molecule has 1 atom stereocenters. The largest absolute Gasteiger partial charge is 0.462 e. The number of benzene rings is 1. The number of hydrogen-bond donors (Lipinski definition) is 0. The zero-order chi connectivity index (χ0) is 14.3. The van der Waals surface area contributed by atoms with Gasteiger partial charge >= 0.3 is 5.97 Å². The van der Waals surface area contributed by atoms with Crippen LogP contribution < -0.4 is 0 Å². The second-order valence-corrected chi connectivity index (χ2v) is 7.16. The zero-order valence-corrected chi connectivity index (χ0v) is 15.7. The van der Waals surface area contributed by atoms with Gasteiger partial charge < -0.3 is 4.74 Å². The number of carbonyl (C=O) groups excluding carboxylic acids is 1. The SMILES string of the molecule is CCCCC(CC)COC(=O)c1cc(I)cc(I)c1. The highest BCUT2D eigenvalue weighted by molar-refractivity contribution is 14.1. The van der Waals surface area contributed by atoms with E-state index < -0.39 is 0 Å². The summed E-state index contributed by atoms with van der Waals surface area (Å²) in [7, 11) is 0. The van der Waals surface area contributed by atoms with Gasteiger partial charge in [0.15, 0.2) is 0 Å². The molecule has 0 aromatic heterocycles. The van der Waals surface area contributed by atoms with Crippen LogP contribution in [0.3, 0.4) is 0 Å². The predicted octanol–water partition coefficient (Wildman–Crippen LogP) is 5.27. The summed E-state index contributed by atoms with van der Waals surface area (Å²) in [6.07, 6.45) is 4.61. The maximum absolute atomic E-state index is 12.0. The Morgan fingerprint density at radius 2 is 1.84 bits per heavy atom. The Hall–Kier alpha value is 0.150. The lowest BCUT2D eigenvalue weighted by Gasteiger charge is -2.14. The van der Waals surface area contributed by atoms with E-state index in [1.165, 1.54) is 12.8 Å². The number of hydrogen-bond acceptors (Lipinski definition) is 2. The standard InChI is InChI=1S/C15H20I2O2/c1-3-5-6-11(4-2)10-19-15(18)12-7-13(16)9-14(17)8-12/h7-9,11H,3-6,10H2,1-2H3. The van der Waals surface area contributed by atoms with Gasteiger partial charge in [-0.3, -0.25) is 0 Å². The molecule has 1 aromatic carbocycles. The van der Waals surface area contributed by atoms with E-state index in [1.807, 2.05) is 18.2 Å². The maximum atomic E-state index is 12.0. The first kappa shape index (κ1) is 17.2. The van der Waals surface area contributed by atoms with Gasteiger partial charge in [0.2, 0.25) is 0 Å². The first-order valence-electron chi connectivity index (χ1n) is 6.70. The molecule has 0 aliphatic rings. The minimum absolute atomic E-state index is 0.202. The Morgan fingerprint density at radius 1 is 1.21 bits per heavy atom. The van der Waals surface area contributed by atoms with Crippen LogP contribution in [-0.4, -0.2) is 12.6 Å². The summed E-state index contributed by atoms with van der Waals surface area (Å²) in [4.78, 5) is 12.0. The monoisotopic (exact) mass is 486 g/mol. The highest BCUT2D eigenvalue weighted by Gasteiger charge is 2.12. The third kappa shape index (κ3) is 6.42. The summed E-state index contributed by atoms with van der Waals surface area (Å²) < 4.78 is 7.57. The molecule has 106 valence electrons. The molecule has 0 aliphatic heterocycles. The Balaban J connectivity index is 2.54. The van der Waals surface area contributed by atoms with E-state index in [2.05, 4.69) is 59.0 Å². The van der Waals surface area contributed by atoms with Crippen LogP contribution in [0, 0.1) is 13.1 Å². The Morgan fingerprint density at radius 3 is 2.37 bits per heavy atom. The molecule has 19 heavy (non-hydrogen) atoms. The molecular formula is C15H20I2O2. The molecule has 0 N–H and O–H groups in total. The van der Waals surface area contributed by atoms with Crippen LogP contribution in [0.15, 0.2) is 18.2 Å². The summed E-state index contributed by atoms with van der Waals surface area (Å²) in [6, 6.07) is 5.78. The van der Waals surface area contributed by atoms with Crippen LogP contribution in [0.5, 0.6) is 0 Å². The van der Waals surface area contributed by atoms with Gasteiger partial charge in [-0.2, -0.15) is 0 Å². The summed E-state index contributed by atoms with van der Waals surface area (Å²) >= 11 is 4.44. The quantitative estimate of drug-likeness (QED) is 0.388. The van der Waals surface area contributed by atoms with Crippen LogP contribution in [0.1, 0.15) is 49.9 Å². The number of unbranched alkanes of at least 4 members (excludes halogenated alkanes) is 1. The fraction of sp³-hybridized carbons (Fsp3) is 0.533. The number of ether oxygens (including phenoxy) is 1. The van der Waals surface area contributed by atoms with Crippen molar-refractivity contribution in [1.82, 2.24) is 0 Å². The van der Waals surface area contributed by atoms with Crippen molar-refractivity contribution in [3.05, 3.63) is 30.9 Å². The molecule has 4 heteroatoms. The second-order valence-electron chi connectivity index (χ2n) is 4.67. The molecule has 0 saturated carbocycles. The average molecular weight is 486 g/mol. The Labute approximate surface area is 143 Å². The molecule has 0 fully saturated rings. The molecule has 0 bridgehead atoms. The van der Waals surface area contributed by atoms with E-state index >= 15 is 0 Å². The average Bonchev–Trinajstić information content (AvgIpc) is 2.37. The van der Waals surface area contributed by atoms with Gasteiger partial charge in [-0.15, -0.1) is 0 Å². The van der Waals surface area contributed by atoms with Crippen molar-refractivity contribution in [2.75, 3.05) is 6.61 Å². The van der Waals surface area contributed by atoms with E-state index in [0.29, 0.717) is 18.1 Å². The molecule has 0 saturated heterocycles. The maximum Gasteiger partial charge on any atom is 0.338 e. The van der Waals surface area contributed by atoms with Crippen molar-refractivity contribution in [3.8, 4) is 0 Å². The molecule has 1 rings (SSSR count). The van der Waals surface area contributed by atoms with Crippen molar-refractivity contribution >= 4 is 51.2 Å². The topological polar surface area (TPSA) is 26.3 Å². The van der Waals surface area contributed by atoms with Gasteiger partial charge in [-0.05, 0) is 75.7 Å². The van der Waals surface area contributed by atoms with Crippen LogP contribution >= 0.6 is 45.2 Å². The molecular weight excluding hydrogens is 466 g/mol. The highest BCUT2D eigenvalue weighted by atomic mass is 127. The first-order valence-corrected chi connectivity index (χ1v) is 8.85. The van der Waals surface area contributed by atoms with Crippen molar-refractivity contribution in [1.29, 1.82) is 0 Å². The molecule has 2 nitrogen and oxygen atoms in total. The molecule has 1 aromatic rings. The summed E-state index contributed by atoms with van der Waals surface area (Å²) in [5, 5.41) is 0. The lowest BCUT2D eigenvalue weighted by molar-refractivity contribution is 0.0428. The third-order valence-corrected chi connectivity index (χ3v) is 4.34. The second kappa shape index (κ2) is 9.15. The molecule has 0 aliphatic carbocycles. The van der Waals surface area contributed by atoms with Gasteiger partial charge in [0, 0.05) is 7.14 Å². The lowest BCUT2D eigenvalue weighted by Crippen LogP contribution is -2.14. The number of carbonyl (C=O) groups is 1. The highest BCUT2D eigenvalue weighted by Crippen LogP contribution is 2.17. The molecule has 0 heterocycles. The van der Waals surface area contributed by atoms with E-state index in [1.54, 1.807) is 0 Å². The first-order chi connectivity index (χ1) is 9.06. The summed E-state index contributed by atoms with van der Waals surface area (Å²) in [6.45, 7) is 4.88. The number of halogens is 2. The van der Waals surface area contributed by atoms with Gasteiger partial charge in [0.25, 0.3) is 0 Å². The van der Waals surface area contributed by atoms with Crippen molar-refractivity contribution < 1.29 is 9.53 Å². The minimum Gasteiger partial charge on any atom is -0.462 e. The fourth-order valence-electron chi connectivity index (χ4n) is 1.85. The summed E-state index contributed by atoms with van der Waals surface area (Å²) in [5.74, 6) is 0.289. The molecule has 1 unspecified atom stereocenters. The van der Waals surface area contributed by atoms with Crippen molar-refractivity contribution in [2.45, 2.75) is 39.5 Å². The van der Waals surface area contributed by atoms with Crippen molar-refractivity contribution in [3.63, 3.8) is 0 Å². The fourth-order valence-corrected chi connectivity index (χ4v) is 3.78. The van der Waals surface area contributed by atoms with Crippen LogP contribution in [-0.2, 0) is 4.74 Å². The Kier molecular flexibility index (Phi) is 8.29. The minimum atomic E-state index is -0.202. The van der Waals surface area contributed by atoms with Gasteiger partial charge in [0.05, 0.1) is 12.2 Å². The van der Waals surface area contributed by atoms with E-state index in [-0.39, 0.29) is 5.97 Å². The van der Waals surface area contributed by atoms with E-state index in [0.717, 1.165) is 20.0 Å². The van der Waals surface area contributed by atoms with Crippen LogP contribution in [0.4, 0.5) is 0 Å². The van der Waals surface area contributed by atoms with Crippen LogP contribution in [0.25, 0.3) is 0 Å².